The maximum atomic E-state index is 12.4. The van der Waals surface area contributed by atoms with E-state index in [1.54, 1.807) is 30.3 Å². The molecule has 0 spiro atoms. The topological polar surface area (TPSA) is 20.2 Å². The van der Waals surface area contributed by atoms with E-state index in [0.29, 0.717) is 11.1 Å². The molecule has 2 rings (SSSR count). The van der Waals surface area contributed by atoms with Crippen LogP contribution in [-0.4, -0.2) is 10.6 Å². The smallest absolute Gasteiger partial charge is 0.446 e. The van der Waals surface area contributed by atoms with Crippen molar-refractivity contribution in [2.24, 2.45) is 0 Å². The first kappa shape index (κ1) is 12.8. The second-order valence-corrected chi connectivity index (χ2v) is 4.70. The number of rotatable bonds is 2. The molecule has 5 heteroatoms. The molecule has 0 unspecified atom stereocenters. The number of alkyl halides is 3. The highest BCUT2D eigenvalue weighted by Gasteiger charge is 2.30. The summed E-state index contributed by atoms with van der Waals surface area (Å²) < 4.78 is 37.3. The average Bonchev–Trinajstić information content (AvgIpc) is 2.27. The molecule has 1 N–H and O–H groups in total. The van der Waals surface area contributed by atoms with Crippen LogP contribution in [0.5, 0.6) is 5.75 Å². The molecule has 0 aliphatic heterocycles. The molecule has 94 valence electrons. The molecule has 0 saturated heterocycles. The Morgan fingerprint density at radius 3 is 2.33 bits per heavy atom. The van der Waals surface area contributed by atoms with Crippen molar-refractivity contribution < 1.29 is 18.3 Å². The van der Waals surface area contributed by atoms with Gasteiger partial charge < -0.3 is 5.11 Å². The predicted molar refractivity (Wildman–Crippen MR) is 65.5 cm³/mol. The molecule has 1 nitrogen and oxygen atoms in total. The quantitative estimate of drug-likeness (QED) is 0.800. The molecule has 2 aromatic rings. The fourth-order valence-electron chi connectivity index (χ4n) is 1.59. The highest BCUT2D eigenvalue weighted by atomic mass is 32.2. The van der Waals surface area contributed by atoms with Crippen molar-refractivity contribution in [3.63, 3.8) is 0 Å². The number of thioether (sulfide) groups is 1. The van der Waals surface area contributed by atoms with Gasteiger partial charge in [0.15, 0.2) is 0 Å². The van der Waals surface area contributed by atoms with E-state index in [1.807, 2.05) is 0 Å². The summed E-state index contributed by atoms with van der Waals surface area (Å²) in [4.78, 5) is 0.121. The van der Waals surface area contributed by atoms with Crippen LogP contribution in [0.4, 0.5) is 13.2 Å². The van der Waals surface area contributed by atoms with Gasteiger partial charge in [0.1, 0.15) is 5.75 Å². The van der Waals surface area contributed by atoms with Crippen molar-refractivity contribution in [1.82, 2.24) is 0 Å². The molecular formula is C13H9F3OS. The molecule has 0 fully saturated rings. The maximum absolute atomic E-state index is 12.4. The van der Waals surface area contributed by atoms with E-state index >= 15 is 0 Å². The molecule has 2 aromatic carbocycles. The third kappa shape index (κ3) is 3.20. The standard InChI is InChI=1S/C13H9F3OS/c14-13(15,16)18-12-7-2-1-6-11(12)9-4-3-5-10(17)8-9/h1-8,17H. The van der Waals surface area contributed by atoms with Crippen molar-refractivity contribution in [2.45, 2.75) is 10.4 Å². The lowest BCUT2D eigenvalue weighted by molar-refractivity contribution is -0.0327. The highest BCUT2D eigenvalue weighted by Crippen LogP contribution is 2.41. The first-order chi connectivity index (χ1) is 8.46. The van der Waals surface area contributed by atoms with E-state index in [2.05, 4.69) is 0 Å². The van der Waals surface area contributed by atoms with E-state index in [1.165, 1.54) is 18.2 Å². The molecule has 0 aromatic heterocycles. The van der Waals surface area contributed by atoms with Crippen LogP contribution in [0.3, 0.4) is 0 Å². The summed E-state index contributed by atoms with van der Waals surface area (Å²) in [6.45, 7) is 0. The first-order valence-corrected chi connectivity index (χ1v) is 5.91. The van der Waals surface area contributed by atoms with Crippen molar-refractivity contribution in [2.75, 3.05) is 0 Å². The van der Waals surface area contributed by atoms with Gasteiger partial charge >= 0.3 is 5.51 Å². The maximum Gasteiger partial charge on any atom is 0.446 e. The zero-order valence-electron chi connectivity index (χ0n) is 9.11. The van der Waals surface area contributed by atoms with Gasteiger partial charge in [0, 0.05) is 4.90 Å². The number of halogens is 3. The van der Waals surface area contributed by atoms with Crippen molar-refractivity contribution >= 4 is 11.8 Å². The number of hydrogen-bond donors (Lipinski definition) is 1. The number of benzene rings is 2. The van der Waals surface area contributed by atoms with Gasteiger partial charge in [-0.15, -0.1) is 0 Å². The fraction of sp³-hybridized carbons (Fsp3) is 0.0769. The van der Waals surface area contributed by atoms with E-state index < -0.39 is 5.51 Å². The van der Waals surface area contributed by atoms with Crippen LogP contribution in [-0.2, 0) is 0 Å². The number of phenols is 1. The van der Waals surface area contributed by atoms with Gasteiger partial charge in [-0.25, -0.2) is 0 Å². The molecule has 0 amide bonds. The van der Waals surface area contributed by atoms with Crippen LogP contribution < -0.4 is 0 Å². The van der Waals surface area contributed by atoms with Crippen LogP contribution in [0.1, 0.15) is 0 Å². The number of hydrogen-bond acceptors (Lipinski definition) is 2. The number of phenolic OH excluding ortho intramolecular Hbond substituents is 1. The molecular weight excluding hydrogens is 261 g/mol. The predicted octanol–water partition coefficient (Wildman–Crippen LogP) is 4.67. The first-order valence-electron chi connectivity index (χ1n) is 5.10. The van der Waals surface area contributed by atoms with Gasteiger partial charge in [-0.1, -0.05) is 30.3 Å². The van der Waals surface area contributed by atoms with Gasteiger partial charge in [0.25, 0.3) is 0 Å². The Morgan fingerprint density at radius 1 is 0.944 bits per heavy atom. The summed E-state index contributed by atoms with van der Waals surface area (Å²) >= 11 is -0.154. The molecule has 0 heterocycles. The minimum atomic E-state index is -4.33. The van der Waals surface area contributed by atoms with Crippen LogP contribution in [0.15, 0.2) is 53.4 Å². The molecule has 0 radical (unpaired) electrons. The Bertz CT molecular complexity index is 552. The monoisotopic (exact) mass is 270 g/mol. The lowest BCUT2D eigenvalue weighted by atomic mass is 10.1. The summed E-state index contributed by atoms with van der Waals surface area (Å²) in [5.74, 6) is 0.0271. The molecule has 0 atom stereocenters. The Morgan fingerprint density at radius 2 is 1.67 bits per heavy atom. The van der Waals surface area contributed by atoms with Gasteiger partial charge in [-0.2, -0.15) is 13.2 Å². The van der Waals surface area contributed by atoms with Crippen molar-refractivity contribution in [3.05, 3.63) is 48.5 Å². The minimum absolute atomic E-state index is 0.0271. The van der Waals surface area contributed by atoms with Crippen LogP contribution in [0.2, 0.25) is 0 Å². The molecule has 0 aliphatic rings. The van der Waals surface area contributed by atoms with Gasteiger partial charge in [0.2, 0.25) is 0 Å². The van der Waals surface area contributed by atoms with E-state index in [-0.39, 0.29) is 22.4 Å². The molecule has 0 bridgehead atoms. The SMILES string of the molecule is Oc1cccc(-c2ccccc2SC(F)(F)F)c1. The van der Waals surface area contributed by atoms with E-state index in [9.17, 15) is 18.3 Å². The summed E-state index contributed by atoms with van der Waals surface area (Å²) in [5.41, 5.74) is -3.31. The van der Waals surface area contributed by atoms with Gasteiger partial charge in [-0.3, -0.25) is 0 Å². The normalized spacial score (nSPS) is 11.5. The molecule has 0 aliphatic carbocycles. The molecule has 0 saturated carbocycles. The summed E-state index contributed by atoms with van der Waals surface area (Å²) in [7, 11) is 0. The summed E-state index contributed by atoms with van der Waals surface area (Å²) in [5, 5.41) is 9.37. The second kappa shape index (κ2) is 4.94. The zero-order valence-corrected chi connectivity index (χ0v) is 9.92. The highest BCUT2D eigenvalue weighted by molar-refractivity contribution is 8.00. The lowest BCUT2D eigenvalue weighted by Gasteiger charge is -2.11. The van der Waals surface area contributed by atoms with Crippen molar-refractivity contribution in [3.8, 4) is 16.9 Å². The minimum Gasteiger partial charge on any atom is -0.508 e. The summed E-state index contributed by atoms with van der Waals surface area (Å²) in [6.07, 6.45) is 0. The van der Waals surface area contributed by atoms with E-state index in [0.717, 1.165) is 0 Å². The van der Waals surface area contributed by atoms with Gasteiger partial charge in [-0.05, 0) is 41.1 Å². The Labute approximate surface area is 106 Å². The van der Waals surface area contributed by atoms with Crippen LogP contribution in [0.25, 0.3) is 11.1 Å². The Hall–Kier alpha value is -1.62. The van der Waals surface area contributed by atoms with Crippen LogP contribution >= 0.6 is 11.8 Å². The Kier molecular flexibility index (Phi) is 3.52. The third-order valence-corrected chi connectivity index (χ3v) is 3.08. The molecule has 18 heavy (non-hydrogen) atoms. The lowest BCUT2D eigenvalue weighted by Crippen LogP contribution is -1.99. The second-order valence-electron chi connectivity index (χ2n) is 3.59. The number of aromatic hydroxyl groups is 1. The van der Waals surface area contributed by atoms with Gasteiger partial charge in [0.05, 0.1) is 0 Å². The summed E-state index contributed by atoms with van der Waals surface area (Å²) in [6, 6.07) is 12.4. The van der Waals surface area contributed by atoms with Crippen LogP contribution in [0, 0.1) is 0 Å². The van der Waals surface area contributed by atoms with Crippen molar-refractivity contribution in [1.29, 1.82) is 0 Å². The zero-order chi connectivity index (χ0) is 13.2. The van der Waals surface area contributed by atoms with E-state index in [4.69, 9.17) is 0 Å². The largest absolute Gasteiger partial charge is 0.508 e. The fourth-order valence-corrected chi connectivity index (χ4v) is 2.28. The average molecular weight is 270 g/mol. The Balaban J connectivity index is 2.45. The third-order valence-electron chi connectivity index (χ3n) is 2.27.